The molecule has 0 atom stereocenters. The second kappa shape index (κ2) is 8.55. The van der Waals surface area contributed by atoms with Crippen molar-refractivity contribution < 1.29 is 19.1 Å². The summed E-state index contributed by atoms with van der Waals surface area (Å²) in [5.41, 5.74) is 0.826. The summed E-state index contributed by atoms with van der Waals surface area (Å²) in [6.07, 6.45) is 1.37. The zero-order valence-electron chi connectivity index (χ0n) is 16.1. The van der Waals surface area contributed by atoms with Crippen LogP contribution in [-0.4, -0.2) is 67.1 Å². The Morgan fingerprint density at radius 3 is 2.36 bits per heavy atom. The second-order valence-corrected chi connectivity index (χ2v) is 6.28. The van der Waals surface area contributed by atoms with E-state index in [1.807, 2.05) is 4.90 Å². The first-order chi connectivity index (χ1) is 13.5. The molecule has 0 bridgehead atoms. The van der Waals surface area contributed by atoms with E-state index in [4.69, 9.17) is 9.47 Å². The van der Waals surface area contributed by atoms with Crippen molar-refractivity contribution in [2.24, 2.45) is 0 Å². The van der Waals surface area contributed by atoms with Gasteiger partial charge in [0.1, 0.15) is 17.8 Å². The number of nitrogens with zero attached hydrogens (tertiary/aromatic N) is 4. The van der Waals surface area contributed by atoms with E-state index >= 15 is 0 Å². The largest absolute Gasteiger partial charge is 0.493 e. The van der Waals surface area contributed by atoms with E-state index in [9.17, 15) is 9.59 Å². The highest BCUT2D eigenvalue weighted by atomic mass is 16.5. The highest BCUT2D eigenvalue weighted by Crippen LogP contribution is 2.29. The van der Waals surface area contributed by atoms with Crippen molar-refractivity contribution in [1.29, 1.82) is 0 Å². The Bertz CT molecular complexity index is 865. The van der Waals surface area contributed by atoms with E-state index in [0.29, 0.717) is 49.2 Å². The number of aromatic nitrogens is 2. The number of anilines is 2. The number of piperazine rings is 1. The van der Waals surface area contributed by atoms with Crippen molar-refractivity contribution in [1.82, 2.24) is 14.9 Å². The quantitative estimate of drug-likeness (QED) is 0.831. The summed E-state index contributed by atoms with van der Waals surface area (Å²) >= 11 is 0. The molecule has 9 nitrogen and oxygen atoms in total. The lowest BCUT2D eigenvalue weighted by Crippen LogP contribution is -2.48. The molecule has 0 radical (unpaired) electrons. The Labute approximate surface area is 163 Å². The molecular weight excluding hydrogens is 362 g/mol. The zero-order valence-corrected chi connectivity index (χ0v) is 16.1. The van der Waals surface area contributed by atoms with Crippen molar-refractivity contribution in [3.05, 3.63) is 36.3 Å². The highest BCUT2D eigenvalue weighted by molar-refractivity contribution is 6.03. The molecule has 2 amide bonds. The van der Waals surface area contributed by atoms with Gasteiger partial charge < -0.3 is 24.6 Å². The molecule has 2 aromatic rings. The maximum absolute atomic E-state index is 12.6. The molecule has 1 aromatic carbocycles. The molecule has 1 N–H and O–H groups in total. The third-order valence-electron chi connectivity index (χ3n) is 4.58. The predicted molar refractivity (Wildman–Crippen MR) is 104 cm³/mol. The first kappa shape index (κ1) is 19.4. The lowest BCUT2D eigenvalue weighted by Gasteiger charge is -2.34. The van der Waals surface area contributed by atoms with Gasteiger partial charge in [0, 0.05) is 50.9 Å². The van der Waals surface area contributed by atoms with Gasteiger partial charge in [0.25, 0.3) is 5.91 Å². The number of benzene rings is 1. The van der Waals surface area contributed by atoms with Gasteiger partial charge in [-0.25, -0.2) is 9.97 Å². The molecule has 0 spiro atoms. The van der Waals surface area contributed by atoms with Gasteiger partial charge in [-0.05, 0) is 12.1 Å². The van der Waals surface area contributed by atoms with Gasteiger partial charge in [-0.2, -0.15) is 0 Å². The van der Waals surface area contributed by atoms with E-state index in [0.717, 1.165) is 0 Å². The van der Waals surface area contributed by atoms with Gasteiger partial charge in [-0.3, -0.25) is 9.59 Å². The van der Waals surface area contributed by atoms with E-state index in [1.165, 1.54) is 13.4 Å². The van der Waals surface area contributed by atoms with Gasteiger partial charge in [-0.15, -0.1) is 0 Å². The summed E-state index contributed by atoms with van der Waals surface area (Å²) < 4.78 is 10.4. The van der Waals surface area contributed by atoms with Crippen LogP contribution in [0.1, 0.15) is 17.4 Å². The van der Waals surface area contributed by atoms with Crippen LogP contribution in [0.4, 0.5) is 11.5 Å². The fraction of sp³-hybridized carbons (Fsp3) is 0.368. The van der Waals surface area contributed by atoms with Crippen LogP contribution in [0.15, 0.2) is 30.6 Å². The molecule has 0 saturated carbocycles. The molecule has 1 saturated heterocycles. The molecule has 3 rings (SSSR count). The van der Waals surface area contributed by atoms with Crippen molar-refractivity contribution in [2.75, 3.05) is 50.6 Å². The molecule has 1 aromatic heterocycles. The fourth-order valence-corrected chi connectivity index (χ4v) is 3.00. The third-order valence-corrected chi connectivity index (χ3v) is 4.58. The predicted octanol–water partition coefficient (Wildman–Crippen LogP) is 1.41. The molecule has 1 aliphatic heterocycles. The van der Waals surface area contributed by atoms with Crippen LogP contribution < -0.4 is 19.7 Å². The topological polar surface area (TPSA) is 96.9 Å². The summed E-state index contributed by atoms with van der Waals surface area (Å²) in [4.78, 5) is 36.2. The molecule has 28 heavy (non-hydrogen) atoms. The number of rotatable bonds is 5. The Morgan fingerprint density at radius 2 is 1.71 bits per heavy atom. The Hall–Kier alpha value is -3.36. The third kappa shape index (κ3) is 4.30. The maximum Gasteiger partial charge on any atom is 0.274 e. The summed E-state index contributed by atoms with van der Waals surface area (Å²) in [7, 11) is 3.08. The number of hydrogen-bond acceptors (Lipinski definition) is 7. The number of amides is 2. The van der Waals surface area contributed by atoms with Crippen LogP contribution in [0.25, 0.3) is 0 Å². The van der Waals surface area contributed by atoms with Crippen LogP contribution in [0, 0.1) is 0 Å². The van der Waals surface area contributed by atoms with Crippen LogP contribution in [-0.2, 0) is 4.79 Å². The lowest BCUT2D eigenvalue weighted by molar-refractivity contribution is -0.129. The SMILES string of the molecule is COc1ccc(NC(=O)c2cc(N3CCN(C(C)=O)CC3)ncn2)cc1OC. The minimum atomic E-state index is -0.349. The first-order valence-corrected chi connectivity index (χ1v) is 8.87. The van der Waals surface area contributed by atoms with Gasteiger partial charge >= 0.3 is 0 Å². The fourth-order valence-electron chi connectivity index (χ4n) is 3.00. The zero-order chi connectivity index (χ0) is 20.1. The molecule has 0 unspecified atom stereocenters. The van der Waals surface area contributed by atoms with Crippen molar-refractivity contribution >= 4 is 23.3 Å². The van der Waals surface area contributed by atoms with Crippen LogP contribution in [0.5, 0.6) is 11.5 Å². The molecule has 148 valence electrons. The maximum atomic E-state index is 12.6. The van der Waals surface area contributed by atoms with E-state index in [1.54, 1.807) is 43.2 Å². The number of methoxy groups -OCH3 is 2. The van der Waals surface area contributed by atoms with Crippen LogP contribution in [0.3, 0.4) is 0 Å². The van der Waals surface area contributed by atoms with Gasteiger partial charge in [0.2, 0.25) is 5.91 Å². The monoisotopic (exact) mass is 385 g/mol. The van der Waals surface area contributed by atoms with Crippen molar-refractivity contribution in [3.63, 3.8) is 0 Å². The standard InChI is InChI=1S/C19H23N5O4/c1-13(25)23-6-8-24(9-7-23)18-11-15(20-12-21-18)19(26)22-14-4-5-16(27-2)17(10-14)28-3/h4-5,10-12H,6-9H2,1-3H3,(H,22,26). The molecule has 9 heteroatoms. The lowest BCUT2D eigenvalue weighted by atomic mass is 10.2. The van der Waals surface area contributed by atoms with Crippen LogP contribution in [0.2, 0.25) is 0 Å². The molecule has 1 aliphatic rings. The first-order valence-electron chi connectivity index (χ1n) is 8.87. The summed E-state index contributed by atoms with van der Waals surface area (Å²) in [6, 6.07) is 6.77. The average Bonchev–Trinajstić information content (AvgIpc) is 2.73. The Balaban J connectivity index is 1.70. The number of nitrogens with one attached hydrogen (secondary N) is 1. The van der Waals surface area contributed by atoms with E-state index in [-0.39, 0.29) is 17.5 Å². The summed E-state index contributed by atoms with van der Waals surface area (Å²) in [6.45, 7) is 4.15. The summed E-state index contributed by atoms with van der Waals surface area (Å²) in [5, 5.41) is 2.80. The minimum Gasteiger partial charge on any atom is -0.493 e. The van der Waals surface area contributed by atoms with Crippen LogP contribution >= 0.6 is 0 Å². The van der Waals surface area contributed by atoms with E-state index < -0.39 is 0 Å². The minimum absolute atomic E-state index is 0.0670. The van der Waals surface area contributed by atoms with Gasteiger partial charge in [-0.1, -0.05) is 0 Å². The number of carbonyl (C=O) groups is 2. The highest BCUT2D eigenvalue weighted by Gasteiger charge is 2.21. The Kier molecular flexibility index (Phi) is 5.93. The normalized spacial score (nSPS) is 13.8. The second-order valence-electron chi connectivity index (χ2n) is 6.28. The smallest absolute Gasteiger partial charge is 0.274 e. The molecule has 2 heterocycles. The van der Waals surface area contributed by atoms with Crippen molar-refractivity contribution in [2.45, 2.75) is 6.92 Å². The number of ether oxygens (including phenoxy) is 2. The number of hydrogen-bond donors (Lipinski definition) is 1. The van der Waals surface area contributed by atoms with Crippen molar-refractivity contribution in [3.8, 4) is 11.5 Å². The van der Waals surface area contributed by atoms with E-state index in [2.05, 4.69) is 15.3 Å². The molecular formula is C19H23N5O4. The Morgan fingerprint density at radius 1 is 1.00 bits per heavy atom. The summed E-state index contributed by atoms with van der Waals surface area (Å²) in [5.74, 6) is 1.48. The molecule has 0 aliphatic carbocycles. The average molecular weight is 385 g/mol. The number of carbonyl (C=O) groups excluding carboxylic acids is 2. The molecule has 1 fully saturated rings. The van der Waals surface area contributed by atoms with Gasteiger partial charge in [0.05, 0.1) is 14.2 Å². The van der Waals surface area contributed by atoms with Gasteiger partial charge in [0.15, 0.2) is 11.5 Å².